The maximum absolute atomic E-state index is 5.81. The van der Waals surface area contributed by atoms with Gasteiger partial charge in [0.1, 0.15) is 10.6 Å². The van der Waals surface area contributed by atoms with Gasteiger partial charge in [0.15, 0.2) is 0 Å². The number of aromatic nitrogens is 3. The summed E-state index contributed by atoms with van der Waals surface area (Å²) in [6, 6.07) is 5.50. The van der Waals surface area contributed by atoms with Crippen LogP contribution < -0.4 is 5.73 Å². The van der Waals surface area contributed by atoms with Gasteiger partial charge in [-0.15, -0.1) is 11.3 Å². The van der Waals surface area contributed by atoms with Crippen LogP contribution in [-0.2, 0) is 0 Å². The molecule has 7 heteroatoms. The molecule has 0 spiro atoms. The fraction of sp³-hybridized carbons (Fsp3) is 0. The topological polar surface area (TPSA) is 77.8 Å². The summed E-state index contributed by atoms with van der Waals surface area (Å²) in [6.07, 6.45) is 1.68. The molecule has 0 aromatic carbocycles. The van der Waals surface area contributed by atoms with Gasteiger partial charge in [-0.2, -0.15) is 4.98 Å². The molecule has 0 fully saturated rings. The summed E-state index contributed by atoms with van der Waals surface area (Å²) in [7, 11) is 0. The van der Waals surface area contributed by atoms with Crippen LogP contribution >= 0.6 is 27.3 Å². The zero-order valence-electron chi connectivity index (χ0n) is 9.00. The first kappa shape index (κ1) is 11.4. The molecule has 0 amide bonds. The summed E-state index contributed by atoms with van der Waals surface area (Å²) in [5, 5.41) is 5.80. The molecule has 0 bridgehead atoms. The van der Waals surface area contributed by atoms with E-state index in [1.54, 1.807) is 12.3 Å². The Labute approximate surface area is 115 Å². The molecule has 3 aromatic rings. The Morgan fingerprint density at radius 2 is 2.22 bits per heavy atom. The van der Waals surface area contributed by atoms with Crippen molar-refractivity contribution in [3.05, 3.63) is 34.2 Å². The second-order valence-electron chi connectivity index (χ2n) is 3.46. The third-order valence-corrected chi connectivity index (χ3v) is 3.84. The SMILES string of the molecule is Nc1ccsc1-c1nc(-c2ncccc2Br)no1. The van der Waals surface area contributed by atoms with Crippen molar-refractivity contribution < 1.29 is 4.52 Å². The van der Waals surface area contributed by atoms with Gasteiger partial charge < -0.3 is 10.3 Å². The minimum Gasteiger partial charge on any atom is -0.397 e. The van der Waals surface area contributed by atoms with Crippen LogP contribution in [-0.4, -0.2) is 15.1 Å². The van der Waals surface area contributed by atoms with Gasteiger partial charge in [-0.3, -0.25) is 4.98 Å². The molecule has 0 unspecified atom stereocenters. The van der Waals surface area contributed by atoms with E-state index in [1.165, 1.54) is 11.3 Å². The number of nitrogens with two attached hydrogens (primary N) is 1. The molecule has 0 radical (unpaired) electrons. The van der Waals surface area contributed by atoms with Gasteiger partial charge in [0.05, 0.1) is 5.69 Å². The Bertz CT molecular complexity index is 694. The Kier molecular flexibility index (Phi) is 2.85. The maximum Gasteiger partial charge on any atom is 0.270 e. The van der Waals surface area contributed by atoms with E-state index in [9.17, 15) is 0 Å². The quantitative estimate of drug-likeness (QED) is 0.783. The highest BCUT2D eigenvalue weighted by atomic mass is 79.9. The van der Waals surface area contributed by atoms with E-state index >= 15 is 0 Å². The van der Waals surface area contributed by atoms with E-state index in [0.29, 0.717) is 23.1 Å². The van der Waals surface area contributed by atoms with Gasteiger partial charge in [0, 0.05) is 10.7 Å². The molecular weight excluding hydrogens is 316 g/mol. The van der Waals surface area contributed by atoms with Crippen molar-refractivity contribution in [1.82, 2.24) is 15.1 Å². The van der Waals surface area contributed by atoms with Crippen LogP contribution in [0.1, 0.15) is 0 Å². The number of nitrogen functional groups attached to an aromatic ring is 1. The average molecular weight is 323 g/mol. The highest BCUT2D eigenvalue weighted by Crippen LogP contribution is 2.32. The fourth-order valence-electron chi connectivity index (χ4n) is 1.46. The molecule has 0 saturated carbocycles. The Morgan fingerprint density at radius 3 is 2.94 bits per heavy atom. The molecule has 0 aliphatic rings. The van der Waals surface area contributed by atoms with Gasteiger partial charge in [0.2, 0.25) is 5.82 Å². The molecule has 90 valence electrons. The molecule has 18 heavy (non-hydrogen) atoms. The predicted octanol–water partition coefficient (Wildman–Crippen LogP) is 3.20. The number of nitrogens with zero attached hydrogens (tertiary/aromatic N) is 3. The second-order valence-corrected chi connectivity index (χ2v) is 5.23. The van der Waals surface area contributed by atoms with Gasteiger partial charge in [0.25, 0.3) is 5.89 Å². The largest absolute Gasteiger partial charge is 0.397 e. The first-order chi connectivity index (χ1) is 8.75. The van der Waals surface area contributed by atoms with E-state index < -0.39 is 0 Å². The number of halogens is 1. The number of anilines is 1. The van der Waals surface area contributed by atoms with Gasteiger partial charge in [-0.1, -0.05) is 5.16 Å². The van der Waals surface area contributed by atoms with Crippen LogP contribution in [0.3, 0.4) is 0 Å². The molecule has 5 nitrogen and oxygen atoms in total. The van der Waals surface area contributed by atoms with Crippen molar-refractivity contribution in [3.63, 3.8) is 0 Å². The molecule has 3 aromatic heterocycles. The summed E-state index contributed by atoms with van der Waals surface area (Å²) < 4.78 is 6.02. The van der Waals surface area contributed by atoms with E-state index in [0.717, 1.165) is 9.35 Å². The standard InChI is InChI=1S/C11H7BrN4OS/c12-6-2-1-4-14-8(6)10-15-11(17-16-10)9-7(13)3-5-18-9/h1-5H,13H2. The maximum atomic E-state index is 5.81. The molecule has 3 rings (SSSR count). The predicted molar refractivity (Wildman–Crippen MR) is 73.0 cm³/mol. The second kappa shape index (κ2) is 4.51. The van der Waals surface area contributed by atoms with Crippen molar-refractivity contribution >= 4 is 33.0 Å². The molecule has 0 aliphatic carbocycles. The molecular formula is C11H7BrN4OS. The first-order valence-electron chi connectivity index (χ1n) is 5.03. The van der Waals surface area contributed by atoms with Crippen LogP contribution in [0.15, 0.2) is 38.8 Å². The fourth-order valence-corrected chi connectivity index (χ4v) is 2.63. The normalized spacial score (nSPS) is 10.7. The number of hydrogen-bond donors (Lipinski definition) is 1. The van der Waals surface area contributed by atoms with Crippen molar-refractivity contribution in [1.29, 1.82) is 0 Å². The molecule has 0 atom stereocenters. The van der Waals surface area contributed by atoms with Crippen molar-refractivity contribution in [2.45, 2.75) is 0 Å². The summed E-state index contributed by atoms with van der Waals surface area (Å²) >= 11 is 4.86. The third kappa shape index (κ3) is 1.91. The summed E-state index contributed by atoms with van der Waals surface area (Å²) in [4.78, 5) is 9.29. The van der Waals surface area contributed by atoms with Crippen LogP contribution in [0.25, 0.3) is 22.3 Å². The Morgan fingerprint density at radius 1 is 1.33 bits per heavy atom. The van der Waals surface area contributed by atoms with Crippen LogP contribution in [0.2, 0.25) is 0 Å². The molecule has 2 N–H and O–H groups in total. The number of thiophene rings is 1. The number of rotatable bonds is 2. The van der Waals surface area contributed by atoms with Crippen molar-refractivity contribution in [2.24, 2.45) is 0 Å². The number of pyridine rings is 1. The van der Waals surface area contributed by atoms with Crippen molar-refractivity contribution in [3.8, 4) is 22.3 Å². The lowest BCUT2D eigenvalue weighted by Gasteiger charge is -1.95. The Hall–Kier alpha value is -1.73. The van der Waals surface area contributed by atoms with Gasteiger partial charge >= 0.3 is 0 Å². The Balaban J connectivity index is 2.05. The highest BCUT2D eigenvalue weighted by Gasteiger charge is 2.16. The van der Waals surface area contributed by atoms with E-state index in [1.807, 2.05) is 17.5 Å². The van der Waals surface area contributed by atoms with Crippen LogP contribution in [0.5, 0.6) is 0 Å². The highest BCUT2D eigenvalue weighted by molar-refractivity contribution is 9.10. The number of hydrogen-bond acceptors (Lipinski definition) is 6. The molecule has 3 heterocycles. The lowest BCUT2D eigenvalue weighted by atomic mass is 10.3. The van der Waals surface area contributed by atoms with E-state index in [4.69, 9.17) is 10.3 Å². The zero-order valence-corrected chi connectivity index (χ0v) is 11.4. The van der Waals surface area contributed by atoms with E-state index in [2.05, 4.69) is 31.1 Å². The minimum atomic E-state index is 0.412. The van der Waals surface area contributed by atoms with Gasteiger partial charge in [-0.25, -0.2) is 0 Å². The first-order valence-corrected chi connectivity index (χ1v) is 6.71. The lowest BCUT2D eigenvalue weighted by Crippen LogP contribution is -1.87. The van der Waals surface area contributed by atoms with E-state index in [-0.39, 0.29) is 0 Å². The molecule has 0 saturated heterocycles. The summed E-state index contributed by atoms with van der Waals surface area (Å²) in [5.74, 6) is 0.848. The summed E-state index contributed by atoms with van der Waals surface area (Å²) in [6.45, 7) is 0. The zero-order chi connectivity index (χ0) is 12.5. The van der Waals surface area contributed by atoms with Crippen LogP contribution in [0, 0.1) is 0 Å². The van der Waals surface area contributed by atoms with Gasteiger partial charge in [-0.05, 0) is 39.5 Å². The smallest absolute Gasteiger partial charge is 0.270 e. The lowest BCUT2D eigenvalue weighted by molar-refractivity contribution is 0.433. The third-order valence-electron chi connectivity index (χ3n) is 2.29. The van der Waals surface area contributed by atoms with Crippen molar-refractivity contribution in [2.75, 3.05) is 5.73 Å². The van der Waals surface area contributed by atoms with Crippen LogP contribution in [0.4, 0.5) is 5.69 Å². The molecule has 0 aliphatic heterocycles. The summed E-state index contributed by atoms with van der Waals surface area (Å²) in [5.41, 5.74) is 7.08. The average Bonchev–Trinajstić information content (AvgIpc) is 2.98. The monoisotopic (exact) mass is 322 g/mol. The minimum absolute atomic E-state index is 0.412.